The molecule has 0 aliphatic carbocycles. The van der Waals surface area contributed by atoms with Gasteiger partial charge in [0.1, 0.15) is 0 Å². The van der Waals surface area contributed by atoms with Crippen molar-refractivity contribution in [1.29, 1.82) is 0 Å². The minimum Gasteiger partial charge on any atom is -1.00 e. The molecule has 0 fully saturated rings. The fourth-order valence-electron chi connectivity index (χ4n) is 3.80. The minimum absolute atomic E-state index is 0. The number of hydrogen-bond acceptors (Lipinski definition) is 2. The molecule has 4 nitrogen and oxygen atoms in total. The third-order valence-electron chi connectivity index (χ3n) is 5.82. The number of halogens is 2. The molecule has 4 rings (SSSR count). The van der Waals surface area contributed by atoms with E-state index in [1.807, 2.05) is 24.3 Å². The van der Waals surface area contributed by atoms with Gasteiger partial charge >= 0.3 is 39.0 Å². The number of nitrogens with one attached hydrogen (secondary N) is 4. The zero-order valence-corrected chi connectivity index (χ0v) is 29.1. The van der Waals surface area contributed by atoms with Gasteiger partial charge in [0.05, 0.1) is 0 Å². The van der Waals surface area contributed by atoms with Crippen LogP contribution in [0.15, 0.2) is 121 Å². The summed E-state index contributed by atoms with van der Waals surface area (Å²) >= 11 is 0. The van der Waals surface area contributed by atoms with Crippen molar-refractivity contribution in [3.8, 4) is 22.3 Å². The fraction of sp³-hybridized carbons (Fsp3) is 0.294. The zero-order valence-electron chi connectivity index (χ0n) is 24.1. The molecule has 0 saturated carbocycles. The summed E-state index contributed by atoms with van der Waals surface area (Å²) in [5.74, 6) is 0. The van der Waals surface area contributed by atoms with Crippen LogP contribution in [0.4, 0.5) is 0 Å². The molecule has 0 unspecified atom stereocenters. The molecule has 0 amide bonds. The van der Waals surface area contributed by atoms with E-state index in [0.717, 1.165) is 26.2 Å². The molecule has 0 saturated heterocycles. The van der Waals surface area contributed by atoms with Crippen LogP contribution in [0, 0.1) is 0 Å². The Morgan fingerprint density at radius 2 is 0.595 bits per heavy atom. The summed E-state index contributed by atoms with van der Waals surface area (Å²) in [5.41, 5.74) is 19.0. The van der Waals surface area contributed by atoms with Gasteiger partial charge in [-0.1, -0.05) is 134 Å². The summed E-state index contributed by atoms with van der Waals surface area (Å²) in [7, 11) is 0. The van der Waals surface area contributed by atoms with E-state index in [-0.39, 0.29) is 63.8 Å². The van der Waals surface area contributed by atoms with Crippen molar-refractivity contribution in [3.63, 3.8) is 0 Å². The normalized spacial score (nSPS) is 9.10. The Hall–Kier alpha value is -1.45. The molecule has 4 aromatic carbocycles. The molecule has 0 aliphatic rings. The molecule has 0 radical (unpaired) electrons. The first-order valence-corrected chi connectivity index (χ1v) is 13.8. The Morgan fingerprint density at radius 3 is 0.810 bits per heavy atom. The maximum Gasteiger partial charge on any atom is 2.00 e. The molecular formula is C34H44Cl2N4Ru2. The summed E-state index contributed by atoms with van der Waals surface area (Å²) in [6.07, 6.45) is 4.98. The van der Waals surface area contributed by atoms with E-state index in [1.165, 1.54) is 47.9 Å². The second-order valence-electron chi connectivity index (χ2n) is 8.88. The van der Waals surface area contributed by atoms with Crippen molar-refractivity contribution in [3.05, 3.63) is 133 Å². The van der Waals surface area contributed by atoms with Gasteiger partial charge in [0, 0.05) is 0 Å². The Labute approximate surface area is 292 Å². The van der Waals surface area contributed by atoms with E-state index >= 15 is 0 Å². The Balaban J connectivity index is -0.000000519. The minimum atomic E-state index is 0. The van der Waals surface area contributed by atoms with Gasteiger partial charge in [-0.3, -0.25) is 0 Å². The molecule has 0 atom stereocenters. The Kier molecular flexibility index (Phi) is 34.8. The number of unbranched alkanes of at least 4 members (excludes halogenated alkanes) is 3. The van der Waals surface area contributed by atoms with Crippen molar-refractivity contribution in [2.24, 2.45) is 0 Å². The van der Waals surface area contributed by atoms with Gasteiger partial charge in [-0.2, -0.15) is 0 Å². The van der Waals surface area contributed by atoms with Crippen molar-refractivity contribution in [2.45, 2.75) is 25.7 Å². The van der Waals surface area contributed by atoms with E-state index in [2.05, 4.69) is 108 Å². The van der Waals surface area contributed by atoms with E-state index < -0.39 is 0 Å². The molecule has 4 N–H and O–H groups in total. The smallest absolute Gasteiger partial charge is 1.00 e. The third kappa shape index (κ3) is 22.1. The van der Waals surface area contributed by atoms with Gasteiger partial charge in [0.15, 0.2) is 0 Å². The zero-order chi connectivity index (χ0) is 26.9. The maximum atomic E-state index is 6.93. The Bertz CT molecular complexity index is 886. The molecular weight excluding hydrogens is 737 g/mol. The van der Waals surface area contributed by atoms with Gasteiger partial charge in [-0.25, -0.2) is 0 Å². The maximum absolute atomic E-state index is 6.93. The molecule has 42 heavy (non-hydrogen) atoms. The predicted octanol–water partition coefficient (Wildman–Crippen LogP) is 2.54. The molecule has 0 heterocycles. The molecule has 0 bridgehead atoms. The number of benzene rings is 4. The molecule has 0 aliphatic heterocycles. The monoisotopic (exact) mass is 782 g/mol. The van der Waals surface area contributed by atoms with Crippen LogP contribution < -0.4 is 35.4 Å². The molecule has 8 heteroatoms. The fourth-order valence-corrected chi connectivity index (χ4v) is 3.80. The Morgan fingerprint density at radius 1 is 0.357 bits per heavy atom. The van der Waals surface area contributed by atoms with E-state index in [1.54, 1.807) is 0 Å². The predicted molar refractivity (Wildman–Crippen MR) is 166 cm³/mol. The summed E-state index contributed by atoms with van der Waals surface area (Å²) in [5, 5.41) is 6.44. The van der Waals surface area contributed by atoms with Crippen molar-refractivity contribution < 1.29 is 63.8 Å². The second-order valence-corrected chi connectivity index (χ2v) is 8.88. The first-order chi connectivity index (χ1) is 18.8. The van der Waals surface area contributed by atoms with Crippen LogP contribution in [0.3, 0.4) is 0 Å². The molecule has 230 valence electrons. The van der Waals surface area contributed by atoms with Crippen molar-refractivity contribution in [1.82, 2.24) is 10.6 Å². The van der Waals surface area contributed by atoms with Crippen LogP contribution in [0.1, 0.15) is 25.7 Å². The largest absolute Gasteiger partial charge is 2.00 e. The van der Waals surface area contributed by atoms with E-state index in [9.17, 15) is 0 Å². The second kappa shape index (κ2) is 32.5. The summed E-state index contributed by atoms with van der Waals surface area (Å²) < 4.78 is 0. The third-order valence-corrected chi connectivity index (χ3v) is 5.82. The van der Waals surface area contributed by atoms with E-state index in [0.29, 0.717) is 13.1 Å². The molecule has 4 aromatic rings. The molecule has 0 spiro atoms. The van der Waals surface area contributed by atoms with Gasteiger partial charge in [0.25, 0.3) is 0 Å². The van der Waals surface area contributed by atoms with Gasteiger partial charge in [-0.05, 0) is 61.3 Å². The van der Waals surface area contributed by atoms with Gasteiger partial charge in [0.2, 0.25) is 0 Å². The summed E-state index contributed by atoms with van der Waals surface area (Å²) in [6.45, 7) is 4.72. The van der Waals surface area contributed by atoms with Crippen molar-refractivity contribution in [2.75, 3.05) is 39.3 Å². The van der Waals surface area contributed by atoms with E-state index in [4.69, 9.17) is 11.5 Å². The molecule has 0 aromatic heterocycles. The average molecular weight is 782 g/mol. The van der Waals surface area contributed by atoms with Gasteiger partial charge < -0.3 is 46.9 Å². The van der Waals surface area contributed by atoms with Gasteiger partial charge in [-0.15, -0.1) is 13.1 Å². The average Bonchev–Trinajstić information content (AvgIpc) is 3.01. The van der Waals surface area contributed by atoms with Crippen LogP contribution in [0.2, 0.25) is 0 Å². The van der Waals surface area contributed by atoms with Crippen LogP contribution in [-0.4, -0.2) is 39.3 Å². The summed E-state index contributed by atoms with van der Waals surface area (Å²) in [4.78, 5) is 0. The quantitative estimate of drug-likeness (QED) is 0.162. The standard InChI is InChI=1S/2C12H10.C10H24N4.2ClH.2Ru/c2*1-3-7-11(8-4-1)12-9-5-2-6-10-12;11-5-9-13-7-3-1-2-4-8-14-10-6-12;;;;/h2*1-10H;11-14H,1-10H2;2*1H;;/q;;-2;;;2*+2/p-2. The first-order valence-electron chi connectivity index (χ1n) is 13.8. The SMILES string of the molecule is [Cl-].[Cl-].[NH-]CCNCCCCCCNCC[NH-].[Ru+2].[Ru+2].c1ccc(-c2ccccc2)cc1.c1ccc(-c2ccccc2)cc1. The summed E-state index contributed by atoms with van der Waals surface area (Å²) in [6, 6.07) is 41.6. The van der Waals surface area contributed by atoms with Crippen LogP contribution in [-0.2, 0) is 39.0 Å². The topological polar surface area (TPSA) is 71.7 Å². The first kappa shape index (κ1) is 45.0. The number of hydrogen-bond donors (Lipinski definition) is 2. The van der Waals surface area contributed by atoms with Crippen molar-refractivity contribution >= 4 is 0 Å². The van der Waals surface area contributed by atoms with Crippen LogP contribution >= 0.6 is 0 Å². The number of rotatable bonds is 13. The van der Waals surface area contributed by atoms with Crippen LogP contribution in [0.5, 0.6) is 0 Å². The van der Waals surface area contributed by atoms with Crippen LogP contribution in [0.25, 0.3) is 33.7 Å².